The molecule has 0 bridgehead atoms. The quantitative estimate of drug-likeness (QED) is 0.561. The number of hydrogen-bond acceptors (Lipinski definition) is 3. The molecule has 1 aliphatic rings. The zero-order chi connectivity index (χ0) is 24.9. The van der Waals surface area contributed by atoms with Crippen LogP contribution in [-0.2, 0) is 6.54 Å². The standard InChI is InChI=1S/C27H25F2N3O3/c1-30(18-19-7-3-2-4-8-19)26(34)21-9-5-6-10-22(21)27(35)32-15-13-31(14-16-32)25(33)20-11-12-23(28)24(29)17-20/h2-12,17H,13-16,18H2,1H3. The van der Waals surface area contributed by atoms with E-state index in [1.165, 1.54) is 11.0 Å². The number of benzene rings is 3. The molecule has 3 amide bonds. The predicted molar refractivity (Wildman–Crippen MR) is 127 cm³/mol. The SMILES string of the molecule is CN(Cc1ccccc1)C(=O)c1ccccc1C(=O)N1CCN(C(=O)c2ccc(F)c(F)c2)CC1. The zero-order valence-electron chi connectivity index (χ0n) is 19.3. The largest absolute Gasteiger partial charge is 0.337 e. The van der Waals surface area contributed by atoms with E-state index in [4.69, 9.17) is 0 Å². The molecular formula is C27H25F2N3O3. The molecule has 0 aromatic heterocycles. The summed E-state index contributed by atoms with van der Waals surface area (Å²) in [6.07, 6.45) is 0. The Morgan fingerprint density at radius 1 is 0.743 bits per heavy atom. The molecule has 6 nitrogen and oxygen atoms in total. The molecule has 3 aromatic rings. The Bertz CT molecular complexity index is 1240. The number of amides is 3. The van der Waals surface area contributed by atoms with Crippen LogP contribution in [0.25, 0.3) is 0 Å². The lowest BCUT2D eigenvalue weighted by Gasteiger charge is -2.35. The van der Waals surface area contributed by atoms with Crippen molar-refractivity contribution in [2.75, 3.05) is 33.2 Å². The van der Waals surface area contributed by atoms with Gasteiger partial charge in [0.1, 0.15) is 0 Å². The third-order valence-corrected chi connectivity index (χ3v) is 6.02. The van der Waals surface area contributed by atoms with Gasteiger partial charge in [0.2, 0.25) is 0 Å². The monoisotopic (exact) mass is 477 g/mol. The first-order valence-corrected chi connectivity index (χ1v) is 11.3. The summed E-state index contributed by atoms with van der Waals surface area (Å²) in [5, 5.41) is 0. The van der Waals surface area contributed by atoms with E-state index >= 15 is 0 Å². The number of nitrogens with zero attached hydrogens (tertiary/aromatic N) is 3. The Kier molecular flexibility index (Phi) is 7.19. The van der Waals surface area contributed by atoms with Gasteiger partial charge in [0.25, 0.3) is 17.7 Å². The van der Waals surface area contributed by atoms with Crippen LogP contribution in [0.15, 0.2) is 72.8 Å². The van der Waals surface area contributed by atoms with Crippen molar-refractivity contribution in [3.05, 3.63) is 107 Å². The molecular weight excluding hydrogens is 452 g/mol. The van der Waals surface area contributed by atoms with Crippen LogP contribution in [0.4, 0.5) is 8.78 Å². The molecule has 1 heterocycles. The van der Waals surface area contributed by atoms with Gasteiger partial charge in [0.05, 0.1) is 11.1 Å². The summed E-state index contributed by atoms with van der Waals surface area (Å²) in [4.78, 5) is 43.8. The van der Waals surface area contributed by atoms with E-state index in [-0.39, 0.29) is 43.6 Å². The third-order valence-electron chi connectivity index (χ3n) is 6.02. The van der Waals surface area contributed by atoms with E-state index in [0.717, 1.165) is 17.7 Å². The van der Waals surface area contributed by atoms with E-state index in [1.54, 1.807) is 41.1 Å². The van der Waals surface area contributed by atoms with Gasteiger partial charge in [-0.2, -0.15) is 0 Å². The Morgan fingerprint density at radius 3 is 1.94 bits per heavy atom. The first kappa shape index (κ1) is 24.1. The molecule has 0 aliphatic carbocycles. The van der Waals surface area contributed by atoms with Crippen LogP contribution in [0.2, 0.25) is 0 Å². The predicted octanol–water partition coefficient (Wildman–Crippen LogP) is 3.84. The molecule has 1 fully saturated rings. The maximum absolute atomic E-state index is 13.5. The summed E-state index contributed by atoms with van der Waals surface area (Å²) < 4.78 is 26.7. The Balaban J connectivity index is 1.43. The van der Waals surface area contributed by atoms with Gasteiger partial charge in [-0.3, -0.25) is 14.4 Å². The average Bonchev–Trinajstić information content (AvgIpc) is 2.89. The fraction of sp³-hybridized carbons (Fsp3) is 0.222. The maximum Gasteiger partial charge on any atom is 0.254 e. The molecule has 3 aromatic carbocycles. The second-order valence-electron chi connectivity index (χ2n) is 8.41. The Labute approximate surface area is 202 Å². The lowest BCUT2D eigenvalue weighted by Crippen LogP contribution is -2.50. The first-order valence-electron chi connectivity index (χ1n) is 11.3. The second kappa shape index (κ2) is 10.5. The van der Waals surface area contributed by atoms with Crippen molar-refractivity contribution >= 4 is 17.7 Å². The minimum atomic E-state index is -1.08. The molecule has 0 unspecified atom stereocenters. The van der Waals surface area contributed by atoms with Gasteiger partial charge in [-0.15, -0.1) is 0 Å². The minimum Gasteiger partial charge on any atom is -0.337 e. The molecule has 0 saturated carbocycles. The Morgan fingerprint density at radius 2 is 1.31 bits per heavy atom. The number of rotatable bonds is 5. The van der Waals surface area contributed by atoms with E-state index in [1.807, 2.05) is 30.3 Å². The highest BCUT2D eigenvalue weighted by Crippen LogP contribution is 2.18. The van der Waals surface area contributed by atoms with Gasteiger partial charge in [0.15, 0.2) is 11.6 Å². The zero-order valence-corrected chi connectivity index (χ0v) is 19.3. The second-order valence-corrected chi connectivity index (χ2v) is 8.41. The first-order chi connectivity index (χ1) is 16.8. The summed E-state index contributed by atoms with van der Waals surface area (Å²) in [5.74, 6) is -3.07. The molecule has 0 radical (unpaired) electrons. The molecule has 0 spiro atoms. The van der Waals surface area contributed by atoms with Crippen LogP contribution in [0.3, 0.4) is 0 Å². The van der Waals surface area contributed by atoms with Crippen molar-refractivity contribution in [2.24, 2.45) is 0 Å². The average molecular weight is 478 g/mol. The highest BCUT2D eigenvalue weighted by Gasteiger charge is 2.28. The smallest absolute Gasteiger partial charge is 0.254 e. The number of carbonyl (C=O) groups is 3. The fourth-order valence-corrected chi connectivity index (χ4v) is 4.09. The number of piperazine rings is 1. The van der Waals surface area contributed by atoms with Crippen LogP contribution >= 0.6 is 0 Å². The van der Waals surface area contributed by atoms with Crippen molar-refractivity contribution in [1.29, 1.82) is 0 Å². The van der Waals surface area contributed by atoms with Crippen LogP contribution in [0.1, 0.15) is 36.6 Å². The van der Waals surface area contributed by atoms with Gasteiger partial charge in [0, 0.05) is 45.3 Å². The number of carbonyl (C=O) groups excluding carboxylic acids is 3. The minimum absolute atomic E-state index is 0.0565. The van der Waals surface area contributed by atoms with Crippen LogP contribution in [0.5, 0.6) is 0 Å². The van der Waals surface area contributed by atoms with E-state index < -0.39 is 17.5 Å². The molecule has 0 N–H and O–H groups in total. The Hall–Kier alpha value is -4.07. The molecule has 1 saturated heterocycles. The lowest BCUT2D eigenvalue weighted by molar-refractivity contribution is 0.0533. The van der Waals surface area contributed by atoms with Crippen molar-refractivity contribution in [2.45, 2.75) is 6.54 Å². The highest BCUT2D eigenvalue weighted by atomic mass is 19.2. The van der Waals surface area contributed by atoms with Gasteiger partial charge in [-0.1, -0.05) is 42.5 Å². The lowest BCUT2D eigenvalue weighted by atomic mass is 10.0. The molecule has 4 rings (SSSR count). The van der Waals surface area contributed by atoms with Crippen LogP contribution < -0.4 is 0 Å². The molecule has 1 aliphatic heterocycles. The molecule has 35 heavy (non-hydrogen) atoms. The van der Waals surface area contributed by atoms with Crippen LogP contribution in [0, 0.1) is 11.6 Å². The maximum atomic E-state index is 13.5. The summed E-state index contributed by atoms with van der Waals surface area (Å²) in [5.41, 5.74) is 1.66. The van der Waals surface area contributed by atoms with E-state index in [2.05, 4.69) is 0 Å². The number of halogens is 2. The summed E-state index contributed by atoms with van der Waals surface area (Å²) >= 11 is 0. The van der Waals surface area contributed by atoms with E-state index in [0.29, 0.717) is 17.7 Å². The van der Waals surface area contributed by atoms with Gasteiger partial charge < -0.3 is 14.7 Å². The van der Waals surface area contributed by atoms with E-state index in [9.17, 15) is 23.2 Å². The van der Waals surface area contributed by atoms with Crippen LogP contribution in [-0.4, -0.2) is 65.6 Å². The summed E-state index contributed by atoms with van der Waals surface area (Å²) in [6.45, 7) is 1.42. The normalized spacial score (nSPS) is 13.5. The molecule has 180 valence electrons. The third kappa shape index (κ3) is 5.37. The van der Waals surface area contributed by atoms with Gasteiger partial charge >= 0.3 is 0 Å². The van der Waals surface area contributed by atoms with Gasteiger partial charge in [-0.05, 0) is 35.9 Å². The fourth-order valence-electron chi connectivity index (χ4n) is 4.09. The number of hydrogen-bond donors (Lipinski definition) is 0. The van der Waals surface area contributed by atoms with Gasteiger partial charge in [-0.25, -0.2) is 8.78 Å². The molecule has 0 atom stereocenters. The van der Waals surface area contributed by atoms with Crippen molar-refractivity contribution < 1.29 is 23.2 Å². The molecule has 8 heteroatoms. The summed E-state index contributed by atoms with van der Waals surface area (Å²) in [6, 6.07) is 19.3. The van der Waals surface area contributed by atoms with Crippen molar-refractivity contribution in [3.8, 4) is 0 Å². The van der Waals surface area contributed by atoms with Crippen molar-refractivity contribution in [1.82, 2.24) is 14.7 Å². The highest BCUT2D eigenvalue weighted by molar-refractivity contribution is 6.07. The van der Waals surface area contributed by atoms with Crippen molar-refractivity contribution in [3.63, 3.8) is 0 Å². The summed E-state index contributed by atoms with van der Waals surface area (Å²) in [7, 11) is 1.69. The topological polar surface area (TPSA) is 60.9 Å².